The van der Waals surface area contributed by atoms with Crippen molar-refractivity contribution in [3.05, 3.63) is 18.0 Å². The van der Waals surface area contributed by atoms with E-state index in [0.29, 0.717) is 6.54 Å². The highest BCUT2D eigenvalue weighted by Gasteiger charge is 2.33. The van der Waals surface area contributed by atoms with Crippen molar-refractivity contribution in [2.45, 2.75) is 38.5 Å². The number of alkyl halides is 3. The number of halogens is 3. The highest BCUT2D eigenvalue weighted by atomic mass is 19.4. The minimum Gasteiger partial charge on any atom is -0.328 e. The second kappa shape index (κ2) is 4.65. The highest BCUT2D eigenvalue weighted by Crippen LogP contribution is 2.27. The Balaban J connectivity index is 2.47. The summed E-state index contributed by atoms with van der Waals surface area (Å²) in [5, 5.41) is 3.43. The Morgan fingerprint density at radius 3 is 2.67 bits per heavy atom. The van der Waals surface area contributed by atoms with Crippen LogP contribution in [0, 0.1) is 0 Å². The van der Waals surface area contributed by atoms with Crippen LogP contribution in [0.15, 0.2) is 12.3 Å². The fraction of sp³-hybridized carbons (Fsp3) is 0.667. The van der Waals surface area contributed by atoms with Gasteiger partial charge in [0, 0.05) is 18.8 Å². The Morgan fingerprint density at radius 2 is 2.20 bits per heavy atom. The first kappa shape index (κ1) is 12.0. The summed E-state index contributed by atoms with van der Waals surface area (Å²) < 4.78 is 37.8. The minimum absolute atomic E-state index is 0.0719. The third-order valence-corrected chi connectivity index (χ3v) is 1.98. The smallest absolute Gasteiger partial charge is 0.328 e. The molecule has 0 saturated heterocycles. The van der Waals surface area contributed by atoms with Crippen LogP contribution in [-0.4, -0.2) is 15.8 Å². The number of hydrogen-bond acceptors (Lipinski definition) is 2. The first-order valence-electron chi connectivity index (χ1n) is 4.76. The largest absolute Gasteiger partial charge is 0.435 e. The van der Waals surface area contributed by atoms with Crippen LogP contribution in [0.4, 0.5) is 13.2 Å². The van der Waals surface area contributed by atoms with E-state index < -0.39 is 11.9 Å². The molecule has 0 spiro atoms. The van der Waals surface area contributed by atoms with Gasteiger partial charge in [0.2, 0.25) is 0 Å². The van der Waals surface area contributed by atoms with Crippen molar-refractivity contribution >= 4 is 0 Å². The van der Waals surface area contributed by atoms with Gasteiger partial charge in [0.15, 0.2) is 5.69 Å². The van der Waals surface area contributed by atoms with E-state index in [-0.39, 0.29) is 6.04 Å². The van der Waals surface area contributed by atoms with Gasteiger partial charge in [-0.3, -0.25) is 4.68 Å². The Hall–Kier alpha value is -1.04. The third kappa shape index (κ3) is 3.91. The van der Waals surface area contributed by atoms with Gasteiger partial charge < -0.3 is 5.73 Å². The number of aromatic nitrogens is 2. The van der Waals surface area contributed by atoms with E-state index in [4.69, 9.17) is 5.73 Å². The van der Waals surface area contributed by atoms with Crippen molar-refractivity contribution in [2.24, 2.45) is 5.73 Å². The molecular weight excluding hydrogens is 207 g/mol. The molecule has 0 fully saturated rings. The van der Waals surface area contributed by atoms with E-state index in [9.17, 15) is 13.2 Å². The molecule has 1 rings (SSSR count). The molecule has 0 amide bonds. The van der Waals surface area contributed by atoms with Gasteiger partial charge in [0.05, 0.1) is 0 Å². The van der Waals surface area contributed by atoms with Crippen LogP contribution in [-0.2, 0) is 12.7 Å². The lowest BCUT2D eigenvalue weighted by Gasteiger charge is -2.05. The summed E-state index contributed by atoms with van der Waals surface area (Å²) in [6.45, 7) is 2.34. The average molecular weight is 221 g/mol. The van der Waals surface area contributed by atoms with Gasteiger partial charge in [-0.15, -0.1) is 0 Å². The van der Waals surface area contributed by atoms with Crippen LogP contribution in [0.25, 0.3) is 0 Å². The molecule has 6 heteroatoms. The summed E-state index contributed by atoms with van der Waals surface area (Å²) >= 11 is 0. The second-order valence-corrected chi connectivity index (χ2v) is 3.58. The van der Waals surface area contributed by atoms with Crippen LogP contribution in [0.5, 0.6) is 0 Å². The Morgan fingerprint density at radius 1 is 1.53 bits per heavy atom. The van der Waals surface area contributed by atoms with Crippen molar-refractivity contribution < 1.29 is 13.2 Å². The Bertz CT molecular complexity index is 304. The van der Waals surface area contributed by atoms with E-state index >= 15 is 0 Å². The van der Waals surface area contributed by atoms with Gasteiger partial charge in [-0.25, -0.2) is 0 Å². The van der Waals surface area contributed by atoms with Crippen LogP contribution < -0.4 is 5.73 Å². The number of nitrogens with two attached hydrogens (primary N) is 1. The zero-order valence-electron chi connectivity index (χ0n) is 8.46. The van der Waals surface area contributed by atoms with Gasteiger partial charge in [0.1, 0.15) is 0 Å². The molecule has 0 aliphatic carbocycles. The predicted molar refractivity (Wildman–Crippen MR) is 50.1 cm³/mol. The first-order chi connectivity index (χ1) is 6.89. The Kier molecular flexibility index (Phi) is 3.73. The molecule has 0 bridgehead atoms. The lowest BCUT2D eigenvalue weighted by Crippen LogP contribution is -2.15. The molecule has 3 nitrogen and oxygen atoms in total. The summed E-state index contributed by atoms with van der Waals surface area (Å²) in [6, 6.07) is 1.05. The molecular formula is C9H14F3N3. The molecule has 0 saturated carbocycles. The SMILES string of the molecule is CC(N)CCCn1ccc(C(F)(F)F)n1. The second-order valence-electron chi connectivity index (χ2n) is 3.58. The maximum atomic E-state index is 12.2. The van der Waals surface area contributed by atoms with Gasteiger partial charge in [-0.05, 0) is 25.8 Å². The van der Waals surface area contributed by atoms with Crippen LogP contribution >= 0.6 is 0 Å². The summed E-state index contributed by atoms with van der Waals surface area (Å²) in [5.41, 5.74) is 4.68. The van der Waals surface area contributed by atoms with Crippen molar-refractivity contribution in [1.82, 2.24) is 9.78 Å². The van der Waals surface area contributed by atoms with Gasteiger partial charge in [-0.1, -0.05) is 0 Å². The summed E-state index contributed by atoms with van der Waals surface area (Å²) in [4.78, 5) is 0. The first-order valence-corrected chi connectivity index (χ1v) is 4.76. The van der Waals surface area contributed by atoms with Crippen LogP contribution in [0.3, 0.4) is 0 Å². The standard InChI is InChI=1S/C9H14F3N3/c1-7(13)3-2-5-15-6-4-8(14-15)9(10,11)12/h4,6-7H,2-3,5,13H2,1H3. The summed E-state index contributed by atoms with van der Waals surface area (Å²) in [7, 11) is 0. The van der Waals surface area contributed by atoms with Crippen molar-refractivity contribution in [3.8, 4) is 0 Å². The van der Waals surface area contributed by atoms with E-state index in [2.05, 4.69) is 5.10 Å². The maximum absolute atomic E-state index is 12.2. The lowest BCUT2D eigenvalue weighted by molar-refractivity contribution is -0.141. The molecule has 2 N–H and O–H groups in total. The molecule has 86 valence electrons. The topological polar surface area (TPSA) is 43.8 Å². The van der Waals surface area contributed by atoms with E-state index in [0.717, 1.165) is 18.9 Å². The normalized spacial score (nSPS) is 14.2. The number of hydrogen-bond donors (Lipinski definition) is 1. The number of rotatable bonds is 4. The molecule has 1 heterocycles. The van der Waals surface area contributed by atoms with Gasteiger partial charge in [-0.2, -0.15) is 18.3 Å². The van der Waals surface area contributed by atoms with Crippen molar-refractivity contribution in [3.63, 3.8) is 0 Å². The molecule has 0 aliphatic heterocycles. The zero-order chi connectivity index (χ0) is 11.5. The monoisotopic (exact) mass is 221 g/mol. The van der Waals surface area contributed by atoms with E-state index in [1.54, 1.807) is 0 Å². The molecule has 15 heavy (non-hydrogen) atoms. The summed E-state index contributed by atoms with van der Waals surface area (Å²) in [5.74, 6) is 0. The maximum Gasteiger partial charge on any atom is 0.435 e. The molecule has 1 aromatic rings. The van der Waals surface area contributed by atoms with Crippen LogP contribution in [0.1, 0.15) is 25.5 Å². The molecule has 0 aromatic carbocycles. The van der Waals surface area contributed by atoms with Gasteiger partial charge in [0.25, 0.3) is 0 Å². The predicted octanol–water partition coefficient (Wildman–Crippen LogP) is 2.03. The fourth-order valence-corrected chi connectivity index (χ4v) is 1.21. The average Bonchev–Trinajstić information content (AvgIpc) is 2.51. The fourth-order valence-electron chi connectivity index (χ4n) is 1.21. The molecule has 1 unspecified atom stereocenters. The van der Waals surface area contributed by atoms with Gasteiger partial charge >= 0.3 is 6.18 Å². The molecule has 1 atom stereocenters. The summed E-state index contributed by atoms with van der Waals surface area (Å²) in [6.07, 6.45) is -1.51. The molecule has 1 aromatic heterocycles. The highest BCUT2D eigenvalue weighted by molar-refractivity contribution is 5.03. The van der Waals surface area contributed by atoms with Crippen LogP contribution in [0.2, 0.25) is 0 Å². The molecule has 0 aliphatic rings. The van der Waals surface area contributed by atoms with E-state index in [1.165, 1.54) is 10.9 Å². The van der Waals surface area contributed by atoms with Crippen molar-refractivity contribution in [1.29, 1.82) is 0 Å². The molecule has 0 radical (unpaired) electrons. The zero-order valence-corrected chi connectivity index (χ0v) is 8.46. The quantitative estimate of drug-likeness (QED) is 0.845. The number of aryl methyl sites for hydroxylation is 1. The van der Waals surface area contributed by atoms with E-state index in [1.807, 2.05) is 6.92 Å². The minimum atomic E-state index is -4.35. The Labute approximate surface area is 86.1 Å². The van der Waals surface area contributed by atoms with Crippen molar-refractivity contribution in [2.75, 3.05) is 0 Å². The lowest BCUT2D eigenvalue weighted by atomic mass is 10.2. The third-order valence-electron chi connectivity index (χ3n) is 1.98. The number of nitrogens with zero attached hydrogens (tertiary/aromatic N) is 2.